The summed E-state index contributed by atoms with van der Waals surface area (Å²) in [5, 5.41) is 0. The lowest BCUT2D eigenvalue weighted by Gasteiger charge is -2.37. The SMILES string of the molecule is CN(C(=O)C(C)(C)C)C1CCC(F)(F)CC1. The Morgan fingerprint density at radius 3 is 2.06 bits per heavy atom. The lowest BCUT2D eigenvalue weighted by atomic mass is 9.88. The standard InChI is InChI=1S/C12H21F2NO/c1-11(2,3)10(16)15(4)9-5-7-12(13,14)8-6-9/h9H,5-8H2,1-4H3. The van der Waals surface area contributed by atoms with Crippen LogP contribution in [0.15, 0.2) is 0 Å². The average molecular weight is 233 g/mol. The van der Waals surface area contributed by atoms with E-state index in [0.29, 0.717) is 12.8 Å². The minimum atomic E-state index is -2.53. The number of amides is 1. The van der Waals surface area contributed by atoms with Crippen LogP contribution in [0.3, 0.4) is 0 Å². The van der Waals surface area contributed by atoms with E-state index < -0.39 is 11.3 Å². The first-order valence-electron chi connectivity index (χ1n) is 5.78. The van der Waals surface area contributed by atoms with Crippen molar-refractivity contribution in [3.05, 3.63) is 0 Å². The molecule has 1 aliphatic carbocycles. The second kappa shape index (κ2) is 4.30. The number of hydrogen-bond acceptors (Lipinski definition) is 1. The summed E-state index contributed by atoms with van der Waals surface area (Å²) in [6.45, 7) is 5.55. The highest BCUT2D eigenvalue weighted by atomic mass is 19.3. The van der Waals surface area contributed by atoms with Crippen molar-refractivity contribution >= 4 is 5.91 Å². The van der Waals surface area contributed by atoms with Crippen molar-refractivity contribution in [1.82, 2.24) is 4.90 Å². The summed E-state index contributed by atoms with van der Waals surface area (Å²) in [4.78, 5) is 13.6. The van der Waals surface area contributed by atoms with Gasteiger partial charge in [-0.2, -0.15) is 0 Å². The van der Waals surface area contributed by atoms with E-state index in [2.05, 4.69) is 0 Å². The van der Waals surface area contributed by atoms with Crippen LogP contribution in [-0.4, -0.2) is 29.8 Å². The molecule has 94 valence electrons. The van der Waals surface area contributed by atoms with Gasteiger partial charge in [-0.15, -0.1) is 0 Å². The van der Waals surface area contributed by atoms with Crippen LogP contribution in [0.25, 0.3) is 0 Å². The molecule has 1 rings (SSSR count). The molecular formula is C12H21F2NO. The molecule has 0 aliphatic heterocycles. The van der Waals surface area contributed by atoms with Gasteiger partial charge in [0.2, 0.25) is 11.8 Å². The molecule has 0 saturated heterocycles. The normalized spacial score (nSPS) is 21.9. The fourth-order valence-corrected chi connectivity index (χ4v) is 2.11. The maximum absolute atomic E-state index is 13.0. The van der Waals surface area contributed by atoms with Crippen LogP contribution in [0.1, 0.15) is 46.5 Å². The topological polar surface area (TPSA) is 20.3 Å². The van der Waals surface area contributed by atoms with Crippen molar-refractivity contribution in [3.63, 3.8) is 0 Å². The number of nitrogens with zero attached hydrogens (tertiary/aromatic N) is 1. The Morgan fingerprint density at radius 1 is 1.25 bits per heavy atom. The lowest BCUT2D eigenvalue weighted by molar-refractivity contribution is -0.143. The minimum Gasteiger partial charge on any atom is -0.342 e. The maximum atomic E-state index is 13.0. The van der Waals surface area contributed by atoms with E-state index in [1.54, 1.807) is 11.9 Å². The largest absolute Gasteiger partial charge is 0.342 e. The molecule has 1 saturated carbocycles. The fraction of sp³-hybridized carbons (Fsp3) is 0.917. The third-order valence-corrected chi connectivity index (χ3v) is 3.20. The van der Waals surface area contributed by atoms with Gasteiger partial charge in [0.25, 0.3) is 0 Å². The number of rotatable bonds is 1. The molecule has 0 aromatic rings. The Balaban J connectivity index is 2.57. The molecule has 0 bridgehead atoms. The molecule has 0 aromatic carbocycles. The highest BCUT2D eigenvalue weighted by Crippen LogP contribution is 2.35. The molecule has 1 amide bonds. The summed E-state index contributed by atoms with van der Waals surface area (Å²) in [6, 6.07) is -0.0219. The van der Waals surface area contributed by atoms with Gasteiger partial charge in [0.15, 0.2) is 0 Å². The highest BCUT2D eigenvalue weighted by Gasteiger charge is 2.38. The number of carbonyl (C=O) groups excluding carboxylic acids is 1. The molecule has 1 aliphatic rings. The van der Waals surface area contributed by atoms with Gasteiger partial charge >= 0.3 is 0 Å². The van der Waals surface area contributed by atoms with Crippen LogP contribution in [0.5, 0.6) is 0 Å². The molecule has 0 atom stereocenters. The first-order chi connectivity index (χ1) is 7.13. The predicted octanol–water partition coefficient (Wildman–Crippen LogP) is 3.07. The Kier molecular flexibility index (Phi) is 3.60. The van der Waals surface area contributed by atoms with Gasteiger partial charge in [0.05, 0.1) is 0 Å². The zero-order valence-corrected chi connectivity index (χ0v) is 10.5. The van der Waals surface area contributed by atoms with Gasteiger partial charge < -0.3 is 4.90 Å². The minimum absolute atomic E-state index is 0.0219. The van der Waals surface area contributed by atoms with Crippen molar-refractivity contribution in [2.45, 2.75) is 58.4 Å². The summed E-state index contributed by atoms with van der Waals surface area (Å²) in [5.74, 6) is -2.50. The van der Waals surface area contributed by atoms with E-state index in [-0.39, 0.29) is 24.8 Å². The number of halogens is 2. The second-order valence-corrected chi connectivity index (χ2v) is 5.75. The maximum Gasteiger partial charge on any atom is 0.248 e. The van der Waals surface area contributed by atoms with Crippen LogP contribution in [-0.2, 0) is 4.79 Å². The van der Waals surface area contributed by atoms with Crippen molar-refractivity contribution in [3.8, 4) is 0 Å². The van der Waals surface area contributed by atoms with Gasteiger partial charge in [-0.05, 0) is 12.8 Å². The van der Waals surface area contributed by atoms with Crippen molar-refractivity contribution in [2.24, 2.45) is 5.41 Å². The van der Waals surface area contributed by atoms with Crippen LogP contribution in [0.4, 0.5) is 8.78 Å². The molecule has 0 spiro atoms. The van der Waals surface area contributed by atoms with Crippen molar-refractivity contribution in [2.75, 3.05) is 7.05 Å². The molecule has 16 heavy (non-hydrogen) atoms. The van der Waals surface area contributed by atoms with Gasteiger partial charge in [0.1, 0.15) is 0 Å². The van der Waals surface area contributed by atoms with Gasteiger partial charge in [-0.25, -0.2) is 8.78 Å². The first-order valence-corrected chi connectivity index (χ1v) is 5.78. The molecule has 0 radical (unpaired) electrons. The summed E-state index contributed by atoms with van der Waals surface area (Å²) >= 11 is 0. The van der Waals surface area contributed by atoms with Gasteiger partial charge in [0, 0.05) is 31.3 Å². The fourth-order valence-electron chi connectivity index (χ4n) is 2.11. The van der Waals surface area contributed by atoms with Gasteiger partial charge in [-0.1, -0.05) is 20.8 Å². The third-order valence-electron chi connectivity index (χ3n) is 3.20. The van der Waals surface area contributed by atoms with E-state index in [0.717, 1.165) is 0 Å². The Bertz CT molecular complexity index is 261. The van der Waals surface area contributed by atoms with E-state index in [1.165, 1.54) is 0 Å². The molecule has 0 unspecified atom stereocenters. The summed E-state index contributed by atoms with van der Waals surface area (Å²) < 4.78 is 25.9. The van der Waals surface area contributed by atoms with E-state index in [1.807, 2.05) is 20.8 Å². The highest BCUT2D eigenvalue weighted by molar-refractivity contribution is 5.81. The lowest BCUT2D eigenvalue weighted by Crippen LogP contribution is -2.46. The van der Waals surface area contributed by atoms with Crippen LogP contribution < -0.4 is 0 Å². The molecular weight excluding hydrogens is 212 g/mol. The Labute approximate surface area is 96.0 Å². The van der Waals surface area contributed by atoms with Crippen LogP contribution >= 0.6 is 0 Å². The van der Waals surface area contributed by atoms with E-state index in [4.69, 9.17) is 0 Å². The molecule has 0 heterocycles. The quantitative estimate of drug-likeness (QED) is 0.681. The monoisotopic (exact) mass is 233 g/mol. The number of alkyl halides is 2. The summed E-state index contributed by atoms with van der Waals surface area (Å²) in [7, 11) is 1.72. The number of carbonyl (C=O) groups is 1. The molecule has 0 N–H and O–H groups in total. The number of hydrogen-bond donors (Lipinski definition) is 0. The summed E-state index contributed by atoms with van der Waals surface area (Å²) in [5.41, 5.74) is -0.436. The first kappa shape index (κ1) is 13.4. The second-order valence-electron chi connectivity index (χ2n) is 5.75. The van der Waals surface area contributed by atoms with Crippen molar-refractivity contribution < 1.29 is 13.6 Å². The van der Waals surface area contributed by atoms with Crippen molar-refractivity contribution in [1.29, 1.82) is 0 Å². The average Bonchev–Trinajstić information content (AvgIpc) is 2.14. The molecule has 0 aromatic heterocycles. The molecule has 1 fully saturated rings. The summed E-state index contributed by atoms with van der Waals surface area (Å²) in [6.07, 6.45) is 0.621. The third kappa shape index (κ3) is 3.16. The van der Waals surface area contributed by atoms with E-state index in [9.17, 15) is 13.6 Å². The smallest absolute Gasteiger partial charge is 0.248 e. The van der Waals surface area contributed by atoms with Gasteiger partial charge in [-0.3, -0.25) is 4.79 Å². The van der Waals surface area contributed by atoms with Crippen LogP contribution in [0, 0.1) is 5.41 Å². The Morgan fingerprint density at radius 2 is 1.69 bits per heavy atom. The predicted molar refractivity (Wildman–Crippen MR) is 59.4 cm³/mol. The zero-order chi connectivity index (χ0) is 12.6. The molecule has 4 heteroatoms. The Hall–Kier alpha value is -0.670. The molecule has 2 nitrogen and oxygen atoms in total. The van der Waals surface area contributed by atoms with E-state index >= 15 is 0 Å². The zero-order valence-electron chi connectivity index (χ0n) is 10.5. The van der Waals surface area contributed by atoms with Crippen LogP contribution in [0.2, 0.25) is 0 Å².